The van der Waals surface area contributed by atoms with Crippen molar-refractivity contribution < 1.29 is 10.0 Å². The molecule has 0 aromatic heterocycles. The molecule has 2 heteroatoms. The molecule has 1 atom stereocenters. The molecule has 0 bridgehead atoms. The van der Waals surface area contributed by atoms with E-state index in [1.165, 1.54) is 32.4 Å². The van der Waals surface area contributed by atoms with Crippen LogP contribution in [0.15, 0.2) is 30.3 Å². The van der Waals surface area contributed by atoms with Gasteiger partial charge in [0.15, 0.2) is 5.60 Å². The summed E-state index contributed by atoms with van der Waals surface area (Å²) in [7, 11) is 0. The van der Waals surface area contributed by atoms with E-state index in [1.54, 1.807) is 4.90 Å². The highest BCUT2D eigenvalue weighted by atomic mass is 16.3. The zero-order valence-electron chi connectivity index (χ0n) is 12.7. The van der Waals surface area contributed by atoms with Gasteiger partial charge in [0.1, 0.15) is 6.54 Å². The Morgan fingerprint density at radius 2 is 1.80 bits per heavy atom. The molecule has 20 heavy (non-hydrogen) atoms. The van der Waals surface area contributed by atoms with Crippen LogP contribution in [0.3, 0.4) is 0 Å². The first-order valence-corrected chi connectivity index (χ1v) is 7.74. The highest BCUT2D eigenvalue weighted by Crippen LogP contribution is 2.28. The molecule has 1 aromatic rings. The maximum absolute atomic E-state index is 10.9. The molecule has 0 saturated carbocycles. The maximum Gasteiger partial charge on any atom is 0.153 e. The topological polar surface area (TPSA) is 24.7 Å². The van der Waals surface area contributed by atoms with E-state index < -0.39 is 5.60 Å². The predicted octanol–water partition coefficient (Wildman–Crippen LogP) is 1.60. The zero-order valence-corrected chi connectivity index (χ0v) is 12.7. The summed E-state index contributed by atoms with van der Waals surface area (Å²) in [5.41, 5.74) is -0.132. The second-order valence-corrected chi connectivity index (χ2v) is 6.08. The van der Waals surface area contributed by atoms with Gasteiger partial charge < -0.3 is 10.0 Å². The van der Waals surface area contributed by atoms with Crippen LogP contribution < -0.4 is 4.90 Å². The van der Waals surface area contributed by atoms with Gasteiger partial charge in [-0.3, -0.25) is 0 Å². The summed E-state index contributed by atoms with van der Waals surface area (Å²) in [6.07, 6.45) is 3.98. The molecule has 0 amide bonds. The summed E-state index contributed by atoms with van der Waals surface area (Å²) in [5, 5.41) is 10.9. The molecular formula is C18H26NO+. The van der Waals surface area contributed by atoms with E-state index >= 15 is 0 Å². The van der Waals surface area contributed by atoms with Gasteiger partial charge in [-0.05, 0) is 36.7 Å². The number of piperidine rings is 1. The Morgan fingerprint density at radius 3 is 2.40 bits per heavy atom. The number of nitrogens with one attached hydrogen (secondary N) is 1. The highest BCUT2D eigenvalue weighted by Gasteiger charge is 2.30. The van der Waals surface area contributed by atoms with Crippen LogP contribution in [0.25, 0.3) is 0 Å². The smallest absolute Gasteiger partial charge is 0.153 e. The average molecular weight is 272 g/mol. The molecule has 0 radical (unpaired) electrons. The van der Waals surface area contributed by atoms with E-state index in [4.69, 9.17) is 0 Å². The predicted molar refractivity (Wildman–Crippen MR) is 82.4 cm³/mol. The van der Waals surface area contributed by atoms with Crippen LogP contribution in [0.4, 0.5) is 0 Å². The molecule has 2 nitrogen and oxygen atoms in total. The summed E-state index contributed by atoms with van der Waals surface area (Å²) >= 11 is 0. The SMILES string of the molecule is CC(C)[C@](O)(C#CC[NH+]1CCCCC1)c1ccccc1. The summed E-state index contributed by atoms with van der Waals surface area (Å²) in [5.74, 6) is 6.46. The Morgan fingerprint density at radius 1 is 1.15 bits per heavy atom. The van der Waals surface area contributed by atoms with Crippen LogP contribution in [0.2, 0.25) is 0 Å². The molecule has 2 N–H and O–H groups in total. The summed E-state index contributed by atoms with van der Waals surface area (Å²) < 4.78 is 0. The normalized spacial score (nSPS) is 19.2. The largest absolute Gasteiger partial charge is 0.373 e. The standard InChI is InChI=1S/C18H25NO/c1-16(2)18(20,17-10-5-3-6-11-17)12-9-15-19-13-7-4-8-14-19/h3,5-6,10-11,16,20H,4,7-8,13-15H2,1-2H3/p+1/t18-/m1/s1. The number of aliphatic hydroxyl groups is 1. The lowest BCUT2D eigenvalue weighted by Gasteiger charge is -2.27. The third-order valence-electron chi connectivity index (χ3n) is 4.23. The van der Waals surface area contributed by atoms with Crippen molar-refractivity contribution in [3.8, 4) is 11.8 Å². The molecule has 1 aliphatic heterocycles. The Labute approximate surface area is 122 Å². The van der Waals surface area contributed by atoms with E-state index in [1.807, 2.05) is 44.2 Å². The zero-order chi connectivity index (χ0) is 14.4. The van der Waals surface area contributed by atoms with Crippen molar-refractivity contribution in [1.82, 2.24) is 0 Å². The molecule has 1 fully saturated rings. The van der Waals surface area contributed by atoms with E-state index in [9.17, 15) is 5.11 Å². The first-order valence-electron chi connectivity index (χ1n) is 7.74. The van der Waals surface area contributed by atoms with Crippen LogP contribution in [0.1, 0.15) is 38.7 Å². The Balaban J connectivity index is 2.10. The van der Waals surface area contributed by atoms with Gasteiger partial charge in [-0.1, -0.05) is 50.1 Å². The monoisotopic (exact) mass is 272 g/mol. The van der Waals surface area contributed by atoms with Gasteiger partial charge in [0, 0.05) is 0 Å². The van der Waals surface area contributed by atoms with Crippen LogP contribution in [0.5, 0.6) is 0 Å². The third-order valence-corrected chi connectivity index (χ3v) is 4.23. The van der Waals surface area contributed by atoms with E-state index in [0.717, 1.165) is 12.1 Å². The Hall–Kier alpha value is -1.30. The van der Waals surface area contributed by atoms with Crippen molar-refractivity contribution >= 4 is 0 Å². The van der Waals surface area contributed by atoms with Crippen LogP contribution >= 0.6 is 0 Å². The molecule has 1 aromatic carbocycles. The molecular weight excluding hydrogens is 246 g/mol. The van der Waals surface area contributed by atoms with Gasteiger partial charge in [0.05, 0.1) is 13.1 Å². The molecule has 1 saturated heterocycles. The number of hydrogen-bond donors (Lipinski definition) is 2. The fraction of sp³-hybridized carbons (Fsp3) is 0.556. The number of benzene rings is 1. The highest BCUT2D eigenvalue weighted by molar-refractivity contribution is 5.32. The van der Waals surface area contributed by atoms with Crippen LogP contribution in [-0.2, 0) is 5.60 Å². The van der Waals surface area contributed by atoms with E-state index in [2.05, 4.69) is 11.8 Å². The summed E-state index contributed by atoms with van der Waals surface area (Å²) in [6, 6.07) is 9.81. The second kappa shape index (κ2) is 6.92. The first kappa shape index (κ1) is 15.1. The van der Waals surface area contributed by atoms with Gasteiger partial charge in [-0.15, -0.1) is 0 Å². The van der Waals surface area contributed by atoms with Gasteiger partial charge in [-0.2, -0.15) is 0 Å². The van der Waals surface area contributed by atoms with E-state index in [0.29, 0.717) is 0 Å². The molecule has 108 valence electrons. The fourth-order valence-corrected chi connectivity index (χ4v) is 2.77. The third kappa shape index (κ3) is 3.62. The number of hydrogen-bond acceptors (Lipinski definition) is 1. The summed E-state index contributed by atoms with van der Waals surface area (Å²) in [6.45, 7) is 7.34. The second-order valence-electron chi connectivity index (χ2n) is 6.08. The van der Waals surface area contributed by atoms with E-state index in [-0.39, 0.29) is 5.92 Å². The molecule has 0 aliphatic carbocycles. The number of likely N-dealkylation sites (tertiary alicyclic amines) is 1. The lowest BCUT2D eigenvalue weighted by Crippen LogP contribution is -3.12. The number of quaternary nitrogens is 1. The minimum Gasteiger partial charge on any atom is -0.373 e. The van der Waals surface area contributed by atoms with Crippen molar-refractivity contribution in [3.63, 3.8) is 0 Å². The minimum absolute atomic E-state index is 0.0776. The first-order chi connectivity index (χ1) is 9.63. The Bertz CT molecular complexity index is 465. The molecule has 2 rings (SSSR count). The lowest BCUT2D eigenvalue weighted by atomic mass is 9.84. The fourth-order valence-electron chi connectivity index (χ4n) is 2.77. The van der Waals surface area contributed by atoms with Crippen molar-refractivity contribution in [2.24, 2.45) is 5.92 Å². The van der Waals surface area contributed by atoms with Crippen molar-refractivity contribution in [2.75, 3.05) is 19.6 Å². The van der Waals surface area contributed by atoms with Gasteiger partial charge in [0.25, 0.3) is 0 Å². The van der Waals surface area contributed by atoms with Crippen molar-refractivity contribution in [2.45, 2.75) is 38.7 Å². The van der Waals surface area contributed by atoms with Gasteiger partial charge in [-0.25, -0.2) is 0 Å². The number of rotatable bonds is 3. The molecule has 0 spiro atoms. The summed E-state index contributed by atoms with van der Waals surface area (Å²) in [4.78, 5) is 1.56. The lowest BCUT2D eigenvalue weighted by molar-refractivity contribution is -0.897. The Kier molecular flexibility index (Phi) is 5.23. The molecule has 1 heterocycles. The van der Waals surface area contributed by atoms with Crippen molar-refractivity contribution in [3.05, 3.63) is 35.9 Å². The van der Waals surface area contributed by atoms with Crippen LogP contribution in [0, 0.1) is 17.8 Å². The van der Waals surface area contributed by atoms with Gasteiger partial charge >= 0.3 is 0 Å². The van der Waals surface area contributed by atoms with Crippen LogP contribution in [-0.4, -0.2) is 24.7 Å². The quantitative estimate of drug-likeness (QED) is 0.803. The van der Waals surface area contributed by atoms with Gasteiger partial charge in [0.2, 0.25) is 0 Å². The molecule has 1 aliphatic rings. The minimum atomic E-state index is -1.03. The average Bonchev–Trinajstić information content (AvgIpc) is 2.49. The molecule has 0 unspecified atom stereocenters. The van der Waals surface area contributed by atoms with Crippen molar-refractivity contribution in [1.29, 1.82) is 0 Å². The maximum atomic E-state index is 10.9.